The van der Waals surface area contributed by atoms with Crippen LogP contribution in [0, 0.1) is 6.92 Å². The van der Waals surface area contributed by atoms with Gasteiger partial charge in [-0.2, -0.15) is 0 Å². The molecule has 0 radical (unpaired) electrons. The molecular weight excluding hydrogens is 206 g/mol. The monoisotopic (exact) mass is 223 g/mol. The molecule has 0 saturated carbocycles. The quantitative estimate of drug-likeness (QED) is 0.811. The number of piperidine rings is 1. The van der Waals surface area contributed by atoms with E-state index in [2.05, 4.69) is 9.97 Å². The lowest BCUT2D eigenvalue weighted by atomic mass is 10.1. The number of aromatic nitrogens is 2. The Morgan fingerprint density at radius 3 is 2.69 bits per heavy atom. The molecule has 0 bridgehead atoms. The minimum absolute atomic E-state index is 0.591. The maximum Gasteiger partial charge on any atom is 0.327 e. The van der Waals surface area contributed by atoms with Crippen molar-refractivity contribution in [1.82, 2.24) is 14.9 Å². The van der Waals surface area contributed by atoms with Crippen LogP contribution in [-0.4, -0.2) is 39.0 Å². The summed E-state index contributed by atoms with van der Waals surface area (Å²) in [6.45, 7) is 3.56. The molecule has 0 aromatic carbocycles. The Kier molecular flexibility index (Phi) is 3.24. The zero-order chi connectivity index (χ0) is 11.5. The summed E-state index contributed by atoms with van der Waals surface area (Å²) < 4.78 is 0. The second kappa shape index (κ2) is 4.65. The standard InChI is InChI=1S/C11H17N3O2/c1-8-9(13-7-12-8)10(11(15)16)14-5-3-2-4-6-14/h7,10H,2-6H2,1H3,(H,12,13)(H,15,16). The lowest BCUT2D eigenvalue weighted by Gasteiger charge is -2.31. The van der Waals surface area contributed by atoms with Crippen molar-refractivity contribution in [2.45, 2.75) is 32.2 Å². The fourth-order valence-corrected chi connectivity index (χ4v) is 2.27. The Balaban J connectivity index is 2.23. The number of carbonyl (C=O) groups is 1. The molecule has 1 unspecified atom stereocenters. The van der Waals surface area contributed by atoms with Crippen molar-refractivity contribution < 1.29 is 9.90 Å². The summed E-state index contributed by atoms with van der Waals surface area (Å²) in [6, 6.07) is -0.591. The van der Waals surface area contributed by atoms with Crippen LogP contribution in [0.2, 0.25) is 0 Å². The molecule has 0 spiro atoms. The van der Waals surface area contributed by atoms with Crippen LogP contribution in [0.4, 0.5) is 0 Å². The Morgan fingerprint density at radius 1 is 1.50 bits per heavy atom. The highest BCUT2D eigenvalue weighted by molar-refractivity contribution is 5.75. The molecule has 88 valence electrons. The van der Waals surface area contributed by atoms with Crippen LogP contribution in [0.15, 0.2) is 6.33 Å². The average molecular weight is 223 g/mol. The van der Waals surface area contributed by atoms with Crippen LogP contribution in [0.1, 0.15) is 36.7 Å². The first kappa shape index (κ1) is 11.1. The van der Waals surface area contributed by atoms with Crippen molar-refractivity contribution in [3.8, 4) is 0 Å². The van der Waals surface area contributed by atoms with Crippen molar-refractivity contribution in [3.05, 3.63) is 17.7 Å². The molecule has 1 saturated heterocycles. The lowest BCUT2D eigenvalue weighted by Crippen LogP contribution is -2.38. The van der Waals surface area contributed by atoms with Crippen LogP contribution >= 0.6 is 0 Å². The first-order chi connectivity index (χ1) is 7.70. The van der Waals surface area contributed by atoms with Crippen molar-refractivity contribution in [2.24, 2.45) is 0 Å². The van der Waals surface area contributed by atoms with E-state index in [1.165, 1.54) is 6.42 Å². The van der Waals surface area contributed by atoms with E-state index in [0.29, 0.717) is 5.69 Å². The van der Waals surface area contributed by atoms with Gasteiger partial charge in [0.1, 0.15) is 0 Å². The molecule has 1 aliphatic rings. The van der Waals surface area contributed by atoms with Gasteiger partial charge >= 0.3 is 5.97 Å². The molecule has 2 N–H and O–H groups in total. The van der Waals surface area contributed by atoms with Gasteiger partial charge in [0, 0.05) is 5.69 Å². The van der Waals surface area contributed by atoms with Gasteiger partial charge in [-0.3, -0.25) is 9.69 Å². The summed E-state index contributed by atoms with van der Waals surface area (Å²) >= 11 is 0. The number of nitrogens with zero attached hydrogens (tertiary/aromatic N) is 2. The summed E-state index contributed by atoms with van der Waals surface area (Å²) in [7, 11) is 0. The van der Waals surface area contributed by atoms with Crippen LogP contribution in [-0.2, 0) is 4.79 Å². The third-order valence-electron chi connectivity index (χ3n) is 3.12. The zero-order valence-corrected chi connectivity index (χ0v) is 9.44. The Bertz CT molecular complexity index is 369. The number of H-pyrrole nitrogens is 1. The van der Waals surface area contributed by atoms with Gasteiger partial charge in [0.05, 0.1) is 12.0 Å². The molecule has 1 atom stereocenters. The molecule has 1 aromatic heterocycles. The number of nitrogens with one attached hydrogen (secondary N) is 1. The molecule has 0 aliphatic carbocycles. The molecule has 1 aliphatic heterocycles. The minimum Gasteiger partial charge on any atom is -0.480 e. The number of carboxylic acid groups (broad SMARTS) is 1. The molecule has 5 heteroatoms. The Morgan fingerprint density at radius 2 is 2.19 bits per heavy atom. The highest BCUT2D eigenvalue weighted by Crippen LogP contribution is 2.25. The van der Waals surface area contributed by atoms with Crippen molar-refractivity contribution in [3.63, 3.8) is 0 Å². The molecular formula is C11H17N3O2. The van der Waals surface area contributed by atoms with Gasteiger partial charge in [-0.25, -0.2) is 4.98 Å². The molecule has 2 rings (SSSR count). The van der Waals surface area contributed by atoms with Gasteiger partial charge < -0.3 is 10.1 Å². The van der Waals surface area contributed by atoms with E-state index in [4.69, 9.17) is 0 Å². The smallest absolute Gasteiger partial charge is 0.327 e. The van der Waals surface area contributed by atoms with E-state index in [1.54, 1.807) is 6.33 Å². The second-order valence-corrected chi connectivity index (χ2v) is 4.25. The van der Waals surface area contributed by atoms with Gasteiger partial charge in [0.25, 0.3) is 0 Å². The fourth-order valence-electron chi connectivity index (χ4n) is 2.27. The van der Waals surface area contributed by atoms with E-state index < -0.39 is 12.0 Å². The van der Waals surface area contributed by atoms with Gasteiger partial charge in [-0.05, 0) is 32.9 Å². The van der Waals surface area contributed by atoms with Crippen molar-refractivity contribution in [2.75, 3.05) is 13.1 Å². The average Bonchev–Trinajstić information content (AvgIpc) is 2.66. The zero-order valence-electron chi connectivity index (χ0n) is 9.44. The summed E-state index contributed by atoms with van der Waals surface area (Å²) in [5, 5.41) is 9.33. The summed E-state index contributed by atoms with van der Waals surface area (Å²) in [5.74, 6) is -0.808. The number of imidazole rings is 1. The third-order valence-corrected chi connectivity index (χ3v) is 3.12. The van der Waals surface area contributed by atoms with Gasteiger partial charge in [0.15, 0.2) is 6.04 Å². The van der Waals surface area contributed by atoms with E-state index in [9.17, 15) is 9.90 Å². The van der Waals surface area contributed by atoms with Crippen LogP contribution < -0.4 is 0 Å². The van der Waals surface area contributed by atoms with Crippen molar-refractivity contribution in [1.29, 1.82) is 0 Å². The predicted molar refractivity (Wildman–Crippen MR) is 59.1 cm³/mol. The molecule has 0 amide bonds. The van der Waals surface area contributed by atoms with Crippen molar-refractivity contribution >= 4 is 5.97 Å². The first-order valence-corrected chi connectivity index (χ1v) is 5.67. The topological polar surface area (TPSA) is 69.2 Å². The normalized spacial score (nSPS) is 19.6. The number of carboxylic acids is 1. The van der Waals surface area contributed by atoms with E-state index >= 15 is 0 Å². The number of hydrogen-bond acceptors (Lipinski definition) is 3. The Labute approximate surface area is 94.5 Å². The molecule has 1 fully saturated rings. The minimum atomic E-state index is -0.808. The van der Waals surface area contributed by atoms with Gasteiger partial charge in [0.2, 0.25) is 0 Å². The summed E-state index contributed by atoms with van der Waals surface area (Å²) in [4.78, 5) is 20.4. The lowest BCUT2D eigenvalue weighted by molar-refractivity contribution is -0.144. The van der Waals surface area contributed by atoms with Gasteiger partial charge in [-0.15, -0.1) is 0 Å². The maximum absolute atomic E-state index is 11.4. The van der Waals surface area contributed by atoms with E-state index in [-0.39, 0.29) is 0 Å². The number of aryl methyl sites for hydroxylation is 1. The SMILES string of the molecule is Cc1[nH]cnc1C(C(=O)O)N1CCCCC1. The molecule has 16 heavy (non-hydrogen) atoms. The van der Waals surface area contributed by atoms with Crippen LogP contribution in [0.5, 0.6) is 0 Å². The number of rotatable bonds is 3. The molecule has 1 aromatic rings. The number of aliphatic carboxylic acids is 1. The maximum atomic E-state index is 11.4. The molecule has 2 heterocycles. The van der Waals surface area contributed by atoms with E-state index in [1.807, 2.05) is 11.8 Å². The van der Waals surface area contributed by atoms with Crippen LogP contribution in [0.25, 0.3) is 0 Å². The van der Waals surface area contributed by atoms with Crippen LogP contribution in [0.3, 0.4) is 0 Å². The summed E-state index contributed by atoms with van der Waals surface area (Å²) in [6.07, 6.45) is 4.91. The van der Waals surface area contributed by atoms with E-state index in [0.717, 1.165) is 31.6 Å². The third kappa shape index (κ3) is 2.09. The Hall–Kier alpha value is -1.36. The number of hydrogen-bond donors (Lipinski definition) is 2. The highest BCUT2D eigenvalue weighted by atomic mass is 16.4. The second-order valence-electron chi connectivity index (χ2n) is 4.25. The summed E-state index contributed by atoms with van der Waals surface area (Å²) in [5.41, 5.74) is 1.49. The number of likely N-dealkylation sites (tertiary alicyclic amines) is 1. The fraction of sp³-hybridized carbons (Fsp3) is 0.636. The highest BCUT2D eigenvalue weighted by Gasteiger charge is 2.31. The van der Waals surface area contributed by atoms with Gasteiger partial charge in [-0.1, -0.05) is 6.42 Å². The largest absolute Gasteiger partial charge is 0.480 e. The predicted octanol–water partition coefficient (Wildman–Crippen LogP) is 1.33. The molecule has 5 nitrogen and oxygen atoms in total. The first-order valence-electron chi connectivity index (χ1n) is 5.67. The number of aromatic amines is 1.